The molecule has 0 radical (unpaired) electrons. The molecule has 0 unspecified atom stereocenters. The van der Waals surface area contributed by atoms with Gasteiger partial charge in [0, 0.05) is 24.8 Å². The van der Waals surface area contributed by atoms with Crippen LogP contribution in [-0.2, 0) is 4.74 Å². The van der Waals surface area contributed by atoms with Gasteiger partial charge in [-0.3, -0.25) is 0 Å². The smallest absolute Gasteiger partial charge is 0.319 e. The molecule has 0 aliphatic heterocycles. The summed E-state index contributed by atoms with van der Waals surface area (Å²) >= 11 is 6.03. The summed E-state index contributed by atoms with van der Waals surface area (Å²) in [6, 6.07) is 5.09. The van der Waals surface area contributed by atoms with E-state index in [4.69, 9.17) is 21.1 Å². The Balaban J connectivity index is 1.91. The normalized spacial score (nSPS) is 21.1. The molecule has 1 aromatic carbocycles. The highest BCUT2D eigenvalue weighted by Gasteiger charge is 2.28. The van der Waals surface area contributed by atoms with E-state index in [1.165, 1.54) is 0 Å². The number of halogens is 1. The highest BCUT2D eigenvalue weighted by atomic mass is 35.5. The second-order valence-electron chi connectivity index (χ2n) is 5.20. The third kappa shape index (κ3) is 4.25. The van der Waals surface area contributed by atoms with Crippen molar-refractivity contribution in [3.8, 4) is 5.75 Å². The Bertz CT molecular complexity index is 496. The fourth-order valence-electron chi connectivity index (χ4n) is 2.72. The van der Waals surface area contributed by atoms with Gasteiger partial charge in [0.1, 0.15) is 5.75 Å². The highest BCUT2D eigenvalue weighted by Crippen LogP contribution is 2.28. The molecule has 1 saturated carbocycles. The van der Waals surface area contributed by atoms with Crippen LogP contribution in [0, 0.1) is 5.92 Å². The molecule has 0 aromatic heterocycles. The van der Waals surface area contributed by atoms with E-state index in [-0.39, 0.29) is 12.1 Å². The number of hydrogen-bond acceptors (Lipinski definition) is 3. The quantitative estimate of drug-likeness (QED) is 0.877. The van der Waals surface area contributed by atoms with Crippen molar-refractivity contribution in [2.24, 2.45) is 5.92 Å². The molecule has 0 heterocycles. The molecule has 0 spiro atoms. The second-order valence-corrected chi connectivity index (χ2v) is 5.61. The summed E-state index contributed by atoms with van der Waals surface area (Å²) < 4.78 is 10.3. The van der Waals surface area contributed by atoms with Gasteiger partial charge >= 0.3 is 6.03 Å². The summed E-state index contributed by atoms with van der Waals surface area (Å²) in [5.41, 5.74) is 0.639. The minimum absolute atomic E-state index is 0.165. The van der Waals surface area contributed by atoms with Gasteiger partial charge < -0.3 is 20.1 Å². The van der Waals surface area contributed by atoms with E-state index in [0.29, 0.717) is 29.0 Å². The maximum atomic E-state index is 12.0. The van der Waals surface area contributed by atoms with Crippen molar-refractivity contribution < 1.29 is 14.3 Å². The van der Waals surface area contributed by atoms with Crippen LogP contribution in [-0.4, -0.2) is 32.9 Å². The molecule has 0 bridgehead atoms. The molecular formula is C15H21ClN2O3. The van der Waals surface area contributed by atoms with Crippen molar-refractivity contribution in [3.63, 3.8) is 0 Å². The monoisotopic (exact) mass is 312 g/mol. The van der Waals surface area contributed by atoms with Crippen molar-refractivity contribution in [3.05, 3.63) is 23.2 Å². The largest absolute Gasteiger partial charge is 0.495 e. The zero-order chi connectivity index (χ0) is 15.2. The lowest BCUT2D eigenvalue weighted by Crippen LogP contribution is -2.41. The molecule has 0 saturated heterocycles. The molecular weight excluding hydrogens is 292 g/mol. The Morgan fingerprint density at radius 1 is 1.38 bits per heavy atom. The summed E-state index contributed by atoms with van der Waals surface area (Å²) in [7, 11) is 3.24. The number of ether oxygens (including phenoxy) is 2. The van der Waals surface area contributed by atoms with Crippen LogP contribution in [0.5, 0.6) is 5.75 Å². The zero-order valence-corrected chi connectivity index (χ0v) is 13.1. The van der Waals surface area contributed by atoms with Crippen LogP contribution in [0.4, 0.5) is 10.5 Å². The van der Waals surface area contributed by atoms with Crippen molar-refractivity contribution >= 4 is 23.3 Å². The first-order valence-corrected chi connectivity index (χ1v) is 7.42. The molecule has 116 valence electrons. The van der Waals surface area contributed by atoms with Gasteiger partial charge in [-0.15, -0.1) is 0 Å². The molecule has 5 nitrogen and oxygen atoms in total. The minimum atomic E-state index is -0.218. The first kappa shape index (κ1) is 15.9. The van der Waals surface area contributed by atoms with E-state index >= 15 is 0 Å². The van der Waals surface area contributed by atoms with Crippen molar-refractivity contribution in [2.75, 3.05) is 26.1 Å². The third-order valence-corrected chi connectivity index (χ3v) is 4.06. The third-order valence-electron chi connectivity index (χ3n) is 3.77. The fourth-order valence-corrected chi connectivity index (χ4v) is 2.98. The number of hydrogen-bond donors (Lipinski definition) is 2. The first-order chi connectivity index (χ1) is 10.1. The predicted octanol–water partition coefficient (Wildman–Crippen LogP) is 3.29. The number of amides is 2. The summed E-state index contributed by atoms with van der Waals surface area (Å²) in [6.45, 7) is 0.680. The van der Waals surface area contributed by atoms with Gasteiger partial charge in [-0.25, -0.2) is 4.79 Å². The number of rotatable bonds is 5. The fraction of sp³-hybridized carbons (Fsp3) is 0.533. The number of carbonyl (C=O) groups excluding carboxylic acids is 1. The van der Waals surface area contributed by atoms with Crippen LogP contribution in [0.1, 0.15) is 19.3 Å². The lowest BCUT2D eigenvalue weighted by Gasteiger charge is -2.20. The number of benzene rings is 1. The predicted molar refractivity (Wildman–Crippen MR) is 83.2 cm³/mol. The first-order valence-electron chi connectivity index (χ1n) is 7.04. The molecule has 6 heteroatoms. The van der Waals surface area contributed by atoms with Crippen molar-refractivity contribution in [1.29, 1.82) is 0 Å². The lowest BCUT2D eigenvalue weighted by atomic mass is 10.1. The molecule has 1 fully saturated rings. The highest BCUT2D eigenvalue weighted by molar-refractivity contribution is 6.32. The standard InChI is InChI=1S/C15H21ClN2O3/c1-20-9-10-4-3-5-13(10)18-15(19)17-11-6-7-14(21-2)12(16)8-11/h6-8,10,13H,3-5,9H2,1-2H3,(H2,17,18,19)/t10-,13-/m1/s1. The lowest BCUT2D eigenvalue weighted by molar-refractivity contribution is 0.142. The Morgan fingerprint density at radius 3 is 2.86 bits per heavy atom. The molecule has 21 heavy (non-hydrogen) atoms. The molecule has 2 amide bonds. The van der Waals surface area contributed by atoms with Crippen LogP contribution < -0.4 is 15.4 Å². The van der Waals surface area contributed by atoms with E-state index in [9.17, 15) is 4.79 Å². The Kier molecular flexibility index (Phi) is 5.70. The summed E-state index contributed by atoms with van der Waals surface area (Å²) in [6.07, 6.45) is 3.20. The molecule has 2 atom stereocenters. The van der Waals surface area contributed by atoms with Gasteiger partial charge in [-0.1, -0.05) is 18.0 Å². The summed E-state index contributed by atoms with van der Waals surface area (Å²) in [4.78, 5) is 12.0. The summed E-state index contributed by atoms with van der Waals surface area (Å²) in [5.74, 6) is 0.971. The number of urea groups is 1. The SMILES string of the molecule is COC[C@H]1CCC[C@H]1NC(=O)Nc1ccc(OC)c(Cl)c1. The van der Waals surface area contributed by atoms with E-state index in [0.717, 1.165) is 19.3 Å². The Hall–Kier alpha value is -1.46. The topological polar surface area (TPSA) is 59.6 Å². The summed E-state index contributed by atoms with van der Waals surface area (Å²) in [5, 5.41) is 6.26. The van der Waals surface area contributed by atoms with Gasteiger partial charge in [0.25, 0.3) is 0 Å². The van der Waals surface area contributed by atoms with E-state index in [1.54, 1.807) is 32.4 Å². The van der Waals surface area contributed by atoms with E-state index in [1.807, 2.05) is 0 Å². The minimum Gasteiger partial charge on any atom is -0.495 e. The van der Waals surface area contributed by atoms with Gasteiger partial charge in [-0.2, -0.15) is 0 Å². The van der Waals surface area contributed by atoms with Crippen LogP contribution in [0.15, 0.2) is 18.2 Å². The molecule has 1 aliphatic rings. The zero-order valence-electron chi connectivity index (χ0n) is 12.3. The van der Waals surface area contributed by atoms with Gasteiger partial charge in [-0.05, 0) is 31.0 Å². The van der Waals surface area contributed by atoms with Gasteiger partial charge in [0.2, 0.25) is 0 Å². The number of anilines is 1. The average Bonchev–Trinajstić information content (AvgIpc) is 2.86. The molecule has 1 aliphatic carbocycles. The second kappa shape index (κ2) is 7.52. The average molecular weight is 313 g/mol. The maximum absolute atomic E-state index is 12.0. The van der Waals surface area contributed by atoms with Crippen LogP contribution in [0.2, 0.25) is 5.02 Å². The molecule has 2 rings (SSSR count). The Labute approximate surface area is 130 Å². The van der Waals surface area contributed by atoms with E-state index < -0.39 is 0 Å². The number of carbonyl (C=O) groups is 1. The van der Waals surface area contributed by atoms with Gasteiger partial charge in [0.05, 0.1) is 18.7 Å². The van der Waals surface area contributed by atoms with E-state index in [2.05, 4.69) is 10.6 Å². The van der Waals surface area contributed by atoms with Crippen molar-refractivity contribution in [1.82, 2.24) is 5.32 Å². The van der Waals surface area contributed by atoms with Crippen molar-refractivity contribution in [2.45, 2.75) is 25.3 Å². The maximum Gasteiger partial charge on any atom is 0.319 e. The van der Waals surface area contributed by atoms with Crippen LogP contribution >= 0.6 is 11.6 Å². The van der Waals surface area contributed by atoms with Gasteiger partial charge in [0.15, 0.2) is 0 Å². The number of nitrogens with one attached hydrogen (secondary N) is 2. The number of methoxy groups -OCH3 is 2. The van der Waals surface area contributed by atoms with Crippen LogP contribution in [0.3, 0.4) is 0 Å². The van der Waals surface area contributed by atoms with Crippen LogP contribution in [0.25, 0.3) is 0 Å². The Morgan fingerprint density at radius 2 is 2.19 bits per heavy atom. The molecule has 1 aromatic rings. The molecule has 2 N–H and O–H groups in total.